The summed E-state index contributed by atoms with van der Waals surface area (Å²) in [6, 6.07) is 25.8. The number of benzene rings is 3. The molecular formula is C32H35N3O7. The van der Waals surface area contributed by atoms with Crippen LogP contribution in [0.3, 0.4) is 0 Å². The van der Waals surface area contributed by atoms with Crippen LogP contribution >= 0.6 is 0 Å². The topological polar surface area (TPSA) is 128 Å². The average Bonchev–Trinajstić information content (AvgIpc) is 3.01. The highest BCUT2D eigenvalue weighted by Crippen LogP contribution is 2.28. The molecule has 220 valence electrons. The van der Waals surface area contributed by atoms with Crippen molar-refractivity contribution < 1.29 is 34.1 Å². The number of carboxylic acid groups (broad SMARTS) is 2. The van der Waals surface area contributed by atoms with Gasteiger partial charge in [-0.05, 0) is 43.3 Å². The first-order valence-corrected chi connectivity index (χ1v) is 13.4. The minimum absolute atomic E-state index is 0.269. The number of methoxy groups -OCH3 is 1. The van der Waals surface area contributed by atoms with Gasteiger partial charge in [0.05, 0.1) is 18.8 Å². The number of imide groups is 1. The van der Waals surface area contributed by atoms with Gasteiger partial charge in [0, 0.05) is 56.0 Å². The molecule has 0 unspecified atom stereocenters. The number of hydrogen-bond donors (Lipinski definition) is 2. The molecule has 1 heterocycles. The zero-order valence-electron chi connectivity index (χ0n) is 23.6. The number of aliphatic carboxylic acids is 2. The Morgan fingerprint density at radius 2 is 1.21 bits per heavy atom. The molecule has 1 atom stereocenters. The van der Waals surface area contributed by atoms with Gasteiger partial charge in [0.15, 0.2) is 0 Å². The van der Waals surface area contributed by atoms with Crippen LogP contribution in [0.1, 0.15) is 27.6 Å². The fourth-order valence-corrected chi connectivity index (χ4v) is 4.59. The summed E-state index contributed by atoms with van der Waals surface area (Å²) in [7, 11) is 1.69. The van der Waals surface area contributed by atoms with Crippen LogP contribution in [-0.4, -0.2) is 89.6 Å². The molecular weight excluding hydrogens is 538 g/mol. The third kappa shape index (κ3) is 9.03. The molecule has 1 aliphatic heterocycles. The Labute approximate surface area is 245 Å². The molecule has 3 aromatic rings. The lowest BCUT2D eigenvalue weighted by Gasteiger charge is -2.39. The number of carbonyl (C=O) groups is 4. The molecule has 10 nitrogen and oxygen atoms in total. The standard InChI is InChI=1S/C28H31N3O3.C4H4O4/c1-22(21-29-17-19-30(20-18-29)25-15-9-10-16-26(25)34-2)31(27(32)23-11-5-3-6-12-23)28(33)24-13-7-4-8-14-24;5-3(6)1-2-4(7)8/h3-16,22H,17-21H2,1-2H3;1-2H,(H,5,6)(H,7,8)/b;2-1+/t22-;/m1./s1. The molecule has 0 bridgehead atoms. The smallest absolute Gasteiger partial charge is 0.328 e. The second kappa shape index (κ2) is 15.7. The molecule has 4 rings (SSSR count). The number of carboxylic acids is 2. The summed E-state index contributed by atoms with van der Waals surface area (Å²) >= 11 is 0. The van der Waals surface area contributed by atoms with Gasteiger partial charge in [0.1, 0.15) is 5.75 Å². The SMILES string of the molecule is COc1ccccc1N1CCN(C[C@@H](C)N(C(=O)c2ccccc2)C(=O)c2ccccc2)CC1.O=C(O)/C=C/C(=O)O. The predicted octanol–water partition coefficient (Wildman–Crippen LogP) is 3.90. The van der Waals surface area contributed by atoms with E-state index >= 15 is 0 Å². The van der Waals surface area contributed by atoms with Gasteiger partial charge < -0.3 is 19.8 Å². The van der Waals surface area contributed by atoms with Crippen molar-refractivity contribution in [3.05, 3.63) is 108 Å². The number of ether oxygens (including phenoxy) is 1. The summed E-state index contributed by atoms with van der Waals surface area (Å²) in [6.45, 7) is 5.97. The molecule has 0 spiro atoms. The molecule has 2 amide bonds. The lowest BCUT2D eigenvalue weighted by atomic mass is 10.1. The van der Waals surface area contributed by atoms with E-state index < -0.39 is 11.9 Å². The summed E-state index contributed by atoms with van der Waals surface area (Å²) in [6.07, 6.45) is 1.12. The lowest BCUT2D eigenvalue weighted by Crippen LogP contribution is -2.53. The maximum absolute atomic E-state index is 13.4. The van der Waals surface area contributed by atoms with Gasteiger partial charge in [0.2, 0.25) is 0 Å². The highest BCUT2D eigenvalue weighted by Gasteiger charge is 2.31. The highest BCUT2D eigenvalue weighted by atomic mass is 16.5. The summed E-state index contributed by atoms with van der Waals surface area (Å²) < 4.78 is 5.52. The summed E-state index contributed by atoms with van der Waals surface area (Å²) in [5.74, 6) is -2.18. The molecule has 1 fully saturated rings. The van der Waals surface area contributed by atoms with Gasteiger partial charge in [-0.15, -0.1) is 0 Å². The van der Waals surface area contributed by atoms with Crippen molar-refractivity contribution in [3.63, 3.8) is 0 Å². The fourth-order valence-electron chi connectivity index (χ4n) is 4.59. The first kappa shape index (κ1) is 31.6. The van der Waals surface area contributed by atoms with E-state index in [0.717, 1.165) is 37.6 Å². The Morgan fingerprint density at radius 3 is 1.67 bits per heavy atom. The van der Waals surface area contributed by atoms with Crippen LogP contribution in [0.15, 0.2) is 97.1 Å². The van der Waals surface area contributed by atoms with E-state index in [9.17, 15) is 19.2 Å². The third-order valence-electron chi connectivity index (χ3n) is 6.61. The van der Waals surface area contributed by atoms with Gasteiger partial charge in [0.25, 0.3) is 11.8 Å². The van der Waals surface area contributed by atoms with Crippen LogP contribution in [-0.2, 0) is 9.59 Å². The zero-order chi connectivity index (χ0) is 30.5. The van der Waals surface area contributed by atoms with Gasteiger partial charge in [-0.2, -0.15) is 0 Å². The number of para-hydroxylation sites is 2. The van der Waals surface area contributed by atoms with Crippen LogP contribution in [0.4, 0.5) is 5.69 Å². The maximum atomic E-state index is 13.4. The van der Waals surface area contributed by atoms with Crippen molar-refractivity contribution in [2.24, 2.45) is 0 Å². The molecule has 0 aromatic heterocycles. The van der Waals surface area contributed by atoms with Gasteiger partial charge >= 0.3 is 11.9 Å². The first-order chi connectivity index (χ1) is 20.2. The Balaban J connectivity index is 0.000000531. The van der Waals surface area contributed by atoms with Crippen LogP contribution in [0.5, 0.6) is 5.75 Å². The summed E-state index contributed by atoms with van der Waals surface area (Å²) in [5, 5.41) is 15.6. The maximum Gasteiger partial charge on any atom is 0.328 e. The second-order valence-corrected chi connectivity index (χ2v) is 9.53. The number of rotatable bonds is 9. The number of amides is 2. The molecule has 0 radical (unpaired) electrons. The van der Waals surface area contributed by atoms with Crippen molar-refractivity contribution in [3.8, 4) is 5.75 Å². The van der Waals surface area contributed by atoms with Crippen molar-refractivity contribution in [1.29, 1.82) is 0 Å². The van der Waals surface area contributed by atoms with Crippen LogP contribution < -0.4 is 9.64 Å². The van der Waals surface area contributed by atoms with E-state index in [2.05, 4.69) is 15.9 Å². The Hall–Kier alpha value is -4.96. The quantitative estimate of drug-likeness (QED) is 0.289. The Kier molecular flexibility index (Phi) is 11.8. The van der Waals surface area contributed by atoms with E-state index in [1.54, 1.807) is 31.4 Å². The Bertz CT molecular complexity index is 1300. The molecule has 10 heteroatoms. The van der Waals surface area contributed by atoms with E-state index in [-0.39, 0.29) is 17.9 Å². The van der Waals surface area contributed by atoms with Gasteiger partial charge in [-0.1, -0.05) is 48.5 Å². The molecule has 0 aliphatic carbocycles. The Morgan fingerprint density at radius 1 is 0.762 bits per heavy atom. The zero-order valence-corrected chi connectivity index (χ0v) is 23.6. The normalized spacial score (nSPS) is 13.9. The average molecular weight is 574 g/mol. The first-order valence-electron chi connectivity index (χ1n) is 13.4. The second-order valence-electron chi connectivity index (χ2n) is 9.53. The van der Waals surface area contributed by atoms with Crippen molar-refractivity contribution in [1.82, 2.24) is 9.80 Å². The minimum atomic E-state index is -1.26. The number of carbonyl (C=O) groups excluding carboxylic acids is 2. The fraction of sp³-hybridized carbons (Fsp3) is 0.250. The molecule has 3 aromatic carbocycles. The summed E-state index contributed by atoms with van der Waals surface area (Å²) in [4.78, 5) is 52.0. The minimum Gasteiger partial charge on any atom is -0.495 e. The summed E-state index contributed by atoms with van der Waals surface area (Å²) in [5.41, 5.74) is 2.12. The third-order valence-corrected chi connectivity index (χ3v) is 6.61. The van der Waals surface area contributed by atoms with E-state index in [1.165, 1.54) is 4.90 Å². The van der Waals surface area contributed by atoms with E-state index in [1.807, 2.05) is 61.5 Å². The monoisotopic (exact) mass is 573 g/mol. The highest BCUT2D eigenvalue weighted by molar-refractivity contribution is 6.10. The number of nitrogens with zero attached hydrogens (tertiary/aromatic N) is 3. The number of hydrogen-bond acceptors (Lipinski definition) is 7. The molecule has 2 N–H and O–H groups in total. The molecule has 42 heavy (non-hydrogen) atoms. The molecule has 1 saturated heterocycles. The molecule has 1 aliphatic rings. The van der Waals surface area contributed by atoms with Gasteiger partial charge in [-0.25, -0.2) is 9.59 Å². The largest absolute Gasteiger partial charge is 0.495 e. The van der Waals surface area contributed by atoms with Crippen molar-refractivity contribution >= 4 is 29.4 Å². The van der Waals surface area contributed by atoms with Crippen LogP contribution in [0, 0.1) is 0 Å². The van der Waals surface area contributed by atoms with Crippen molar-refractivity contribution in [2.45, 2.75) is 13.0 Å². The predicted molar refractivity (Wildman–Crippen MR) is 159 cm³/mol. The van der Waals surface area contributed by atoms with Crippen LogP contribution in [0.2, 0.25) is 0 Å². The van der Waals surface area contributed by atoms with E-state index in [4.69, 9.17) is 14.9 Å². The van der Waals surface area contributed by atoms with Crippen molar-refractivity contribution in [2.75, 3.05) is 44.7 Å². The number of anilines is 1. The van der Waals surface area contributed by atoms with Gasteiger partial charge in [-0.3, -0.25) is 19.4 Å². The molecule has 0 saturated carbocycles. The number of piperazine rings is 1. The van der Waals surface area contributed by atoms with Crippen LogP contribution in [0.25, 0.3) is 0 Å². The lowest BCUT2D eigenvalue weighted by molar-refractivity contribution is -0.134. The van der Waals surface area contributed by atoms with E-state index in [0.29, 0.717) is 29.8 Å².